The first-order valence-corrected chi connectivity index (χ1v) is 13.0. The van der Waals surface area contributed by atoms with Crippen LogP contribution in [0.4, 0.5) is 24.8 Å². The monoisotopic (exact) mass is 519 g/mol. The number of hydrogen-bond donors (Lipinski definition) is 4. The Morgan fingerprint density at radius 1 is 1.11 bits per heavy atom. The number of nitrogens with zero attached hydrogens (tertiary/aromatic N) is 3. The predicted molar refractivity (Wildman–Crippen MR) is 132 cm³/mol. The SMILES string of the molecule is COc1ccc2c(NC3C[C@H]4CC[C@@H](C3)N4C(=O)C3(C(F)(F)F)CC3)nc(NC3CC(C)NN3)cc2n1. The van der Waals surface area contributed by atoms with Crippen LogP contribution in [-0.4, -0.2) is 64.4 Å². The molecule has 12 heteroatoms. The van der Waals surface area contributed by atoms with Crippen molar-refractivity contribution in [2.75, 3.05) is 17.7 Å². The van der Waals surface area contributed by atoms with Crippen molar-refractivity contribution >= 4 is 28.4 Å². The minimum atomic E-state index is -4.48. The molecule has 1 amide bonds. The molecular weight excluding hydrogens is 487 g/mol. The van der Waals surface area contributed by atoms with Crippen LogP contribution in [0.5, 0.6) is 5.88 Å². The fourth-order valence-corrected chi connectivity index (χ4v) is 6.20. The lowest BCUT2D eigenvalue weighted by Gasteiger charge is -2.41. The normalized spacial score (nSPS) is 30.4. The molecule has 5 heterocycles. The lowest BCUT2D eigenvalue weighted by atomic mass is 9.94. The smallest absolute Gasteiger partial charge is 0.403 e. The van der Waals surface area contributed by atoms with Crippen molar-refractivity contribution in [2.45, 2.75) is 88.4 Å². The van der Waals surface area contributed by atoms with E-state index in [-0.39, 0.29) is 37.1 Å². The summed E-state index contributed by atoms with van der Waals surface area (Å²) in [7, 11) is 1.57. The highest BCUT2D eigenvalue weighted by Gasteiger charge is 2.70. The van der Waals surface area contributed by atoms with Crippen molar-refractivity contribution < 1.29 is 22.7 Å². The van der Waals surface area contributed by atoms with E-state index < -0.39 is 17.5 Å². The Morgan fingerprint density at radius 2 is 1.84 bits per heavy atom. The molecule has 4 aliphatic rings. The summed E-state index contributed by atoms with van der Waals surface area (Å²) in [5.74, 6) is 1.09. The number of alkyl halides is 3. The Morgan fingerprint density at radius 3 is 2.43 bits per heavy atom. The number of ether oxygens (including phenoxy) is 1. The van der Waals surface area contributed by atoms with Gasteiger partial charge in [0.1, 0.15) is 17.1 Å². The van der Waals surface area contributed by atoms with E-state index in [1.807, 2.05) is 12.1 Å². The molecule has 4 N–H and O–H groups in total. The Kier molecular flexibility index (Phi) is 5.86. The van der Waals surface area contributed by atoms with Gasteiger partial charge in [-0.05, 0) is 57.9 Å². The van der Waals surface area contributed by atoms with E-state index in [1.54, 1.807) is 18.1 Å². The summed E-state index contributed by atoms with van der Waals surface area (Å²) in [5, 5.41) is 7.79. The number of hydrazine groups is 1. The molecule has 0 spiro atoms. The van der Waals surface area contributed by atoms with Crippen molar-refractivity contribution in [1.29, 1.82) is 0 Å². The van der Waals surface area contributed by atoms with Gasteiger partial charge in [-0.1, -0.05) is 0 Å². The number of nitrogens with one attached hydrogen (secondary N) is 4. The summed E-state index contributed by atoms with van der Waals surface area (Å²) in [5.41, 5.74) is 4.95. The van der Waals surface area contributed by atoms with Gasteiger partial charge < -0.3 is 20.3 Å². The Labute approximate surface area is 212 Å². The fourth-order valence-electron chi connectivity index (χ4n) is 6.20. The van der Waals surface area contributed by atoms with Crippen LogP contribution in [0.3, 0.4) is 0 Å². The molecular formula is C25H32F3N7O2. The Hall–Kier alpha value is -2.86. The van der Waals surface area contributed by atoms with Crippen LogP contribution < -0.4 is 26.2 Å². The summed E-state index contributed by atoms with van der Waals surface area (Å²) in [6.07, 6.45) is -1.14. The third-order valence-corrected chi connectivity index (χ3v) is 8.29. The first kappa shape index (κ1) is 24.5. The summed E-state index contributed by atoms with van der Waals surface area (Å²) in [6.45, 7) is 2.09. The number of anilines is 2. The van der Waals surface area contributed by atoms with Crippen LogP contribution in [0.25, 0.3) is 10.9 Å². The number of carbonyl (C=O) groups is 1. The Bertz CT molecular complexity index is 1190. The quantitative estimate of drug-likeness (QED) is 0.460. The molecule has 0 aromatic carbocycles. The van der Waals surface area contributed by atoms with E-state index in [1.165, 1.54) is 0 Å². The van der Waals surface area contributed by atoms with Gasteiger partial charge in [0.25, 0.3) is 0 Å². The van der Waals surface area contributed by atoms with Crippen LogP contribution in [0, 0.1) is 5.41 Å². The zero-order valence-corrected chi connectivity index (χ0v) is 20.9. The van der Waals surface area contributed by atoms with E-state index in [9.17, 15) is 18.0 Å². The highest BCUT2D eigenvalue weighted by Crippen LogP contribution is 2.60. The van der Waals surface area contributed by atoms with Crippen molar-refractivity contribution in [3.8, 4) is 5.88 Å². The zero-order valence-electron chi connectivity index (χ0n) is 20.9. The van der Waals surface area contributed by atoms with Crippen molar-refractivity contribution in [3.63, 3.8) is 0 Å². The minimum Gasteiger partial charge on any atom is -0.481 e. The van der Waals surface area contributed by atoms with Gasteiger partial charge in [-0.15, -0.1) is 0 Å². The molecule has 2 aromatic rings. The number of hydrogen-bond acceptors (Lipinski definition) is 8. The molecule has 1 aliphatic carbocycles. The third-order valence-electron chi connectivity index (χ3n) is 8.29. The number of carbonyl (C=O) groups excluding carboxylic acids is 1. The standard InChI is InChI=1S/C25H32F3N7O2/c1-13-9-20(34-33-13)31-19-12-18-17(5-6-21(30-18)37-2)22(32-19)29-14-10-15-3-4-16(11-14)35(15)23(36)24(7-8-24)25(26,27)28/h5-6,12-16,20,33-34H,3-4,7-11H2,1-2H3,(H2,29,31,32)/t13?,14?,15-,16+,20?. The van der Waals surface area contributed by atoms with Crippen LogP contribution in [0.1, 0.15) is 51.9 Å². The van der Waals surface area contributed by atoms with Gasteiger partial charge in [0.05, 0.1) is 18.8 Å². The Balaban J connectivity index is 1.23. The number of fused-ring (bicyclic) bond motifs is 3. The molecule has 4 fully saturated rings. The van der Waals surface area contributed by atoms with Crippen LogP contribution in [-0.2, 0) is 4.79 Å². The maximum absolute atomic E-state index is 13.7. The van der Waals surface area contributed by atoms with E-state index in [0.717, 1.165) is 30.2 Å². The summed E-state index contributed by atoms with van der Waals surface area (Å²) >= 11 is 0. The molecule has 2 aromatic heterocycles. The molecule has 0 radical (unpaired) electrons. The number of methoxy groups -OCH3 is 1. The summed E-state index contributed by atoms with van der Waals surface area (Å²) in [4.78, 5) is 24.1. The van der Waals surface area contributed by atoms with Gasteiger partial charge >= 0.3 is 6.18 Å². The largest absolute Gasteiger partial charge is 0.481 e. The number of halogens is 3. The first-order chi connectivity index (χ1) is 17.7. The number of piperidine rings is 1. The molecule has 3 aliphatic heterocycles. The van der Waals surface area contributed by atoms with E-state index in [4.69, 9.17) is 9.72 Å². The van der Waals surface area contributed by atoms with Crippen molar-refractivity contribution in [1.82, 2.24) is 25.7 Å². The average molecular weight is 520 g/mol. The van der Waals surface area contributed by atoms with Gasteiger partial charge in [-0.2, -0.15) is 13.2 Å². The molecule has 200 valence electrons. The van der Waals surface area contributed by atoms with Crippen LogP contribution in [0.2, 0.25) is 0 Å². The lowest BCUT2D eigenvalue weighted by Crippen LogP contribution is -2.54. The highest BCUT2D eigenvalue weighted by molar-refractivity contribution is 5.92. The summed E-state index contributed by atoms with van der Waals surface area (Å²) in [6, 6.07) is 5.50. The first-order valence-electron chi connectivity index (χ1n) is 13.0. The second-order valence-electron chi connectivity index (χ2n) is 10.9. The fraction of sp³-hybridized carbons (Fsp3) is 0.640. The van der Waals surface area contributed by atoms with Crippen molar-refractivity contribution in [3.05, 3.63) is 18.2 Å². The zero-order chi connectivity index (χ0) is 25.9. The molecule has 9 nitrogen and oxygen atoms in total. The molecule has 37 heavy (non-hydrogen) atoms. The van der Waals surface area contributed by atoms with Gasteiger partial charge in [-0.25, -0.2) is 15.4 Å². The molecule has 3 saturated heterocycles. The lowest BCUT2D eigenvalue weighted by molar-refractivity contribution is -0.200. The molecule has 2 bridgehead atoms. The van der Waals surface area contributed by atoms with E-state index in [0.29, 0.717) is 36.4 Å². The second kappa shape index (κ2) is 8.87. The second-order valence-corrected chi connectivity index (χ2v) is 10.9. The predicted octanol–water partition coefficient (Wildman–Crippen LogP) is 3.54. The topological polar surface area (TPSA) is 103 Å². The number of amides is 1. The van der Waals surface area contributed by atoms with Gasteiger partial charge in [0.15, 0.2) is 0 Å². The maximum Gasteiger partial charge on any atom is 0.403 e. The highest BCUT2D eigenvalue weighted by atomic mass is 19.4. The summed E-state index contributed by atoms with van der Waals surface area (Å²) < 4.78 is 46.3. The average Bonchev–Trinajstić information content (AvgIpc) is 3.52. The van der Waals surface area contributed by atoms with Crippen molar-refractivity contribution in [2.24, 2.45) is 5.41 Å². The van der Waals surface area contributed by atoms with E-state index in [2.05, 4.69) is 33.4 Å². The number of pyridine rings is 2. The third kappa shape index (κ3) is 4.33. The molecule has 6 rings (SSSR count). The van der Waals surface area contributed by atoms with Crippen LogP contribution in [0.15, 0.2) is 18.2 Å². The minimum absolute atomic E-state index is 0.00637. The van der Waals surface area contributed by atoms with Gasteiger partial charge in [-0.3, -0.25) is 10.2 Å². The van der Waals surface area contributed by atoms with E-state index >= 15 is 0 Å². The molecule has 3 unspecified atom stereocenters. The number of rotatable bonds is 6. The molecule has 5 atom stereocenters. The van der Waals surface area contributed by atoms with Gasteiger partial charge in [0, 0.05) is 41.7 Å². The number of aromatic nitrogens is 2. The van der Waals surface area contributed by atoms with Crippen LogP contribution >= 0.6 is 0 Å². The van der Waals surface area contributed by atoms with Gasteiger partial charge in [0.2, 0.25) is 11.8 Å². The maximum atomic E-state index is 13.7. The molecule has 1 saturated carbocycles.